The highest BCUT2D eigenvalue weighted by Gasteiger charge is 2.20. The van der Waals surface area contributed by atoms with Gasteiger partial charge in [0, 0.05) is 18.6 Å². The van der Waals surface area contributed by atoms with E-state index in [1.807, 2.05) is 0 Å². The maximum atomic E-state index is 10.9. The second-order valence-electron chi connectivity index (χ2n) is 3.48. The van der Waals surface area contributed by atoms with Gasteiger partial charge in [-0.05, 0) is 13.0 Å². The molecule has 1 aliphatic rings. The van der Waals surface area contributed by atoms with Gasteiger partial charge in [0.05, 0.1) is 5.02 Å². The maximum Gasteiger partial charge on any atom is 0.303 e. The molecule has 16 heavy (non-hydrogen) atoms. The van der Waals surface area contributed by atoms with E-state index in [0.717, 1.165) is 0 Å². The van der Waals surface area contributed by atoms with Gasteiger partial charge in [0.1, 0.15) is 6.10 Å². The third-order valence-electron chi connectivity index (χ3n) is 2.27. The second-order valence-corrected chi connectivity index (χ2v) is 3.89. The summed E-state index contributed by atoms with van der Waals surface area (Å²) in [4.78, 5) is 10.9. The summed E-state index contributed by atoms with van der Waals surface area (Å²) in [6.45, 7) is 3.30. The fourth-order valence-electron chi connectivity index (χ4n) is 1.56. The predicted molar refractivity (Wildman–Crippen MR) is 57.8 cm³/mol. The molecule has 1 aliphatic heterocycles. The van der Waals surface area contributed by atoms with E-state index >= 15 is 0 Å². The average Bonchev–Trinajstić information content (AvgIpc) is 2.61. The van der Waals surface area contributed by atoms with Crippen LogP contribution in [0.5, 0.6) is 11.5 Å². The highest BCUT2D eigenvalue weighted by molar-refractivity contribution is 6.31. The Hall–Kier alpha value is -1.42. The zero-order chi connectivity index (χ0) is 11.7. The van der Waals surface area contributed by atoms with Crippen LogP contribution in [-0.4, -0.2) is 12.8 Å². The van der Waals surface area contributed by atoms with Gasteiger partial charge in [0.2, 0.25) is 6.79 Å². The van der Waals surface area contributed by atoms with Gasteiger partial charge in [-0.1, -0.05) is 11.6 Å². The number of esters is 1. The van der Waals surface area contributed by atoms with E-state index in [-0.39, 0.29) is 12.8 Å². The molecule has 1 aromatic rings. The number of rotatable bonds is 2. The Labute approximate surface area is 98.1 Å². The molecule has 1 aromatic carbocycles. The molecule has 1 unspecified atom stereocenters. The number of carbonyl (C=O) groups is 1. The predicted octanol–water partition coefficient (Wildman–Crippen LogP) is 2.69. The highest BCUT2D eigenvalue weighted by Crippen LogP contribution is 2.39. The van der Waals surface area contributed by atoms with Crippen molar-refractivity contribution in [1.82, 2.24) is 0 Å². The molecule has 0 radical (unpaired) electrons. The number of benzene rings is 1. The highest BCUT2D eigenvalue weighted by atomic mass is 35.5. The first-order chi connectivity index (χ1) is 7.58. The summed E-state index contributed by atoms with van der Waals surface area (Å²) in [5.41, 5.74) is 0.709. The molecular weight excluding hydrogens is 232 g/mol. The summed E-state index contributed by atoms with van der Waals surface area (Å²) < 4.78 is 15.5. The molecule has 0 aliphatic carbocycles. The van der Waals surface area contributed by atoms with Crippen LogP contribution in [0.1, 0.15) is 25.5 Å². The quantitative estimate of drug-likeness (QED) is 0.748. The first kappa shape index (κ1) is 11.1. The molecule has 0 saturated carbocycles. The number of hydrogen-bond donors (Lipinski definition) is 0. The normalized spacial score (nSPS) is 14.7. The van der Waals surface area contributed by atoms with Crippen molar-refractivity contribution >= 4 is 17.6 Å². The van der Waals surface area contributed by atoms with Gasteiger partial charge in [-0.25, -0.2) is 0 Å². The molecule has 5 heteroatoms. The molecule has 1 atom stereocenters. The van der Waals surface area contributed by atoms with Crippen molar-refractivity contribution in [2.45, 2.75) is 20.0 Å². The lowest BCUT2D eigenvalue weighted by Gasteiger charge is -2.14. The van der Waals surface area contributed by atoms with Gasteiger partial charge in [-0.15, -0.1) is 0 Å². The Balaban J connectivity index is 2.30. The molecule has 0 aromatic heterocycles. The molecule has 0 spiro atoms. The zero-order valence-electron chi connectivity index (χ0n) is 8.95. The number of ether oxygens (including phenoxy) is 3. The fraction of sp³-hybridized carbons (Fsp3) is 0.364. The SMILES string of the molecule is CC(=O)OC(C)c1cc2c(cc1Cl)OCO2. The van der Waals surface area contributed by atoms with Gasteiger partial charge in [-0.2, -0.15) is 0 Å². The summed E-state index contributed by atoms with van der Waals surface area (Å²) in [5, 5.41) is 0.498. The zero-order valence-corrected chi connectivity index (χ0v) is 9.71. The topological polar surface area (TPSA) is 44.8 Å². The molecule has 0 amide bonds. The van der Waals surface area contributed by atoms with Gasteiger partial charge in [0.15, 0.2) is 11.5 Å². The minimum absolute atomic E-state index is 0.192. The largest absolute Gasteiger partial charge is 0.458 e. The van der Waals surface area contributed by atoms with Crippen molar-refractivity contribution in [1.29, 1.82) is 0 Å². The van der Waals surface area contributed by atoms with E-state index in [9.17, 15) is 4.79 Å². The Morgan fingerprint density at radius 1 is 1.44 bits per heavy atom. The van der Waals surface area contributed by atoms with Crippen LogP contribution in [-0.2, 0) is 9.53 Å². The number of fused-ring (bicyclic) bond motifs is 1. The van der Waals surface area contributed by atoms with E-state index < -0.39 is 6.10 Å². The van der Waals surface area contributed by atoms with E-state index in [0.29, 0.717) is 22.1 Å². The number of hydrogen-bond acceptors (Lipinski definition) is 4. The Morgan fingerprint density at radius 3 is 2.69 bits per heavy atom. The first-order valence-corrected chi connectivity index (χ1v) is 5.22. The molecule has 1 heterocycles. The van der Waals surface area contributed by atoms with Crippen LogP contribution in [0.4, 0.5) is 0 Å². The second kappa shape index (κ2) is 4.22. The molecule has 0 fully saturated rings. The van der Waals surface area contributed by atoms with Crippen molar-refractivity contribution in [3.05, 3.63) is 22.7 Å². The number of carbonyl (C=O) groups excluding carboxylic acids is 1. The minimum atomic E-state index is -0.403. The summed E-state index contributed by atoms with van der Waals surface area (Å²) in [6.07, 6.45) is -0.403. The van der Waals surface area contributed by atoms with Crippen LogP contribution < -0.4 is 9.47 Å². The van der Waals surface area contributed by atoms with Gasteiger partial charge < -0.3 is 14.2 Å². The average molecular weight is 243 g/mol. The van der Waals surface area contributed by atoms with Crippen molar-refractivity contribution in [2.24, 2.45) is 0 Å². The standard InChI is InChI=1S/C11H11ClO4/c1-6(16-7(2)13)8-3-10-11(4-9(8)12)15-5-14-10/h3-4,6H,5H2,1-2H3. The van der Waals surface area contributed by atoms with E-state index in [1.165, 1.54) is 6.92 Å². The van der Waals surface area contributed by atoms with Crippen LogP contribution in [0.2, 0.25) is 5.02 Å². The van der Waals surface area contributed by atoms with Crippen molar-refractivity contribution < 1.29 is 19.0 Å². The van der Waals surface area contributed by atoms with Gasteiger partial charge in [-0.3, -0.25) is 4.79 Å². The molecule has 4 nitrogen and oxygen atoms in total. The van der Waals surface area contributed by atoms with E-state index in [4.69, 9.17) is 25.8 Å². The maximum absolute atomic E-state index is 10.9. The van der Waals surface area contributed by atoms with E-state index in [2.05, 4.69) is 0 Å². The van der Waals surface area contributed by atoms with Crippen LogP contribution in [0.25, 0.3) is 0 Å². The van der Waals surface area contributed by atoms with Crippen LogP contribution >= 0.6 is 11.6 Å². The molecular formula is C11H11ClO4. The Kier molecular flexibility index (Phi) is 2.92. The van der Waals surface area contributed by atoms with E-state index in [1.54, 1.807) is 19.1 Å². The molecule has 0 saturated heterocycles. The Morgan fingerprint density at radius 2 is 2.06 bits per heavy atom. The lowest BCUT2D eigenvalue weighted by Crippen LogP contribution is -2.05. The monoisotopic (exact) mass is 242 g/mol. The van der Waals surface area contributed by atoms with Crippen LogP contribution in [0.15, 0.2) is 12.1 Å². The lowest BCUT2D eigenvalue weighted by atomic mass is 10.1. The smallest absolute Gasteiger partial charge is 0.303 e. The summed E-state index contributed by atoms with van der Waals surface area (Å²) in [6, 6.07) is 3.40. The summed E-state index contributed by atoms with van der Waals surface area (Å²) in [7, 11) is 0. The lowest BCUT2D eigenvalue weighted by molar-refractivity contribution is -0.145. The van der Waals surface area contributed by atoms with Gasteiger partial charge in [0.25, 0.3) is 0 Å². The third-order valence-corrected chi connectivity index (χ3v) is 2.60. The van der Waals surface area contributed by atoms with Crippen LogP contribution in [0, 0.1) is 0 Å². The Bertz CT molecular complexity index is 430. The molecule has 2 rings (SSSR count). The summed E-state index contributed by atoms with van der Waals surface area (Å²) in [5.74, 6) is 0.892. The van der Waals surface area contributed by atoms with Crippen molar-refractivity contribution in [3.63, 3.8) is 0 Å². The van der Waals surface area contributed by atoms with Gasteiger partial charge >= 0.3 is 5.97 Å². The van der Waals surface area contributed by atoms with Crippen molar-refractivity contribution in [2.75, 3.05) is 6.79 Å². The molecule has 0 bridgehead atoms. The fourth-order valence-corrected chi connectivity index (χ4v) is 1.86. The summed E-state index contributed by atoms with van der Waals surface area (Å²) >= 11 is 6.06. The van der Waals surface area contributed by atoms with Crippen molar-refractivity contribution in [3.8, 4) is 11.5 Å². The molecule has 86 valence electrons. The van der Waals surface area contributed by atoms with Crippen LogP contribution in [0.3, 0.4) is 0 Å². The first-order valence-electron chi connectivity index (χ1n) is 4.84. The molecule has 0 N–H and O–H groups in total. The third kappa shape index (κ3) is 2.07. The minimum Gasteiger partial charge on any atom is -0.458 e. The number of halogens is 1.